The summed E-state index contributed by atoms with van der Waals surface area (Å²) in [6.45, 7) is 4.04. The number of hydrogen-bond acceptors (Lipinski definition) is 6. The van der Waals surface area contributed by atoms with Crippen molar-refractivity contribution in [1.82, 2.24) is 10.1 Å². The largest absolute Gasteiger partial charge is 0.492 e. The average Bonchev–Trinajstić information content (AvgIpc) is 3.09. The van der Waals surface area contributed by atoms with Crippen molar-refractivity contribution in [3.05, 3.63) is 54.4 Å². The van der Waals surface area contributed by atoms with Crippen LogP contribution in [0.3, 0.4) is 0 Å². The summed E-state index contributed by atoms with van der Waals surface area (Å²) in [6.07, 6.45) is 0. The van der Waals surface area contributed by atoms with E-state index in [0.717, 1.165) is 5.56 Å². The Labute approximate surface area is 150 Å². The van der Waals surface area contributed by atoms with Gasteiger partial charge in [0.15, 0.2) is 6.61 Å². The van der Waals surface area contributed by atoms with Crippen molar-refractivity contribution in [2.75, 3.05) is 18.5 Å². The smallest absolute Gasteiger partial charge is 0.262 e. The number of para-hydroxylation sites is 2. The van der Waals surface area contributed by atoms with E-state index >= 15 is 0 Å². The Morgan fingerprint density at radius 2 is 1.88 bits per heavy atom. The first-order valence-corrected chi connectivity index (χ1v) is 8.21. The zero-order valence-corrected chi connectivity index (χ0v) is 14.6. The number of hydrogen-bond donors (Lipinski definition) is 1. The Kier molecular flexibility index (Phi) is 5.48. The van der Waals surface area contributed by atoms with Gasteiger partial charge in [-0.15, -0.1) is 0 Å². The molecule has 0 aliphatic heterocycles. The summed E-state index contributed by atoms with van der Waals surface area (Å²) in [6, 6.07) is 14.4. The Morgan fingerprint density at radius 1 is 1.12 bits per heavy atom. The monoisotopic (exact) mass is 353 g/mol. The van der Waals surface area contributed by atoms with E-state index in [9.17, 15) is 4.79 Å². The van der Waals surface area contributed by atoms with Crippen LogP contribution in [0.4, 0.5) is 5.69 Å². The second-order valence-electron chi connectivity index (χ2n) is 5.43. The van der Waals surface area contributed by atoms with Gasteiger partial charge in [-0.05, 0) is 43.3 Å². The molecule has 7 nitrogen and oxygen atoms in total. The van der Waals surface area contributed by atoms with Crippen molar-refractivity contribution in [1.29, 1.82) is 0 Å². The molecule has 1 aromatic heterocycles. The molecule has 0 aliphatic carbocycles. The van der Waals surface area contributed by atoms with Gasteiger partial charge in [0.25, 0.3) is 5.91 Å². The first-order chi connectivity index (χ1) is 12.7. The summed E-state index contributed by atoms with van der Waals surface area (Å²) < 4.78 is 16.0. The normalized spacial score (nSPS) is 10.4. The van der Waals surface area contributed by atoms with Crippen LogP contribution < -0.4 is 14.8 Å². The topological polar surface area (TPSA) is 86.5 Å². The zero-order chi connectivity index (χ0) is 18.4. The van der Waals surface area contributed by atoms with Crippen LogP contribution in [0.25, 0.3) is 11.4 Å². The molecule has 0 radical (unpaired) electrons. The number of carbonyl (C=O) groups excluding carboxylic acids is 1. The van der Waals surface area contributed by atoms with E-state index in [4.69, 9.17) is 14.0 Å². The molecule has 1 N–H and O–H groups in total. The number of benzene rings is 2. The lowest BCUT2D eigenvalue weighted by molar-refractivity contribution is -0.118. The highest BCUT2D eigenvalue weighted by molar-refractivity contribution is 5.93. The van der Waals surface area contributed by atoms with Gasteiger partial charge in [-0.2, -0.15) is 4.98 Å². The van der Waals surface area contributed by atoms with E-state index in [1.165, 1.54) is 0 Å². The molecule has 26 heavy (non-hydrogen) atoms. The molecule has 134 valence electrons. The lowest BCUT2D eigenvalue weighted by atomic mass is 10.2. The molecule has 0 saturated carbocycles. The maximum absolute atomic E-state index is 12.1. The molecular weight excluding hydrogens is 334 g/mol. The van der Waals surface area contributed by atoms with Gasteiger partial charge in [-0.25, -0.2) is 0 Å². The second kappa shape index (κ2) is 8.15. The summed E-state index contributed by atoms with van der Waals surface area (Å²) in [5.74, 6) is 1.95. The summed E-state index contributed by atoms with van der Waals surface area (Å²) in [5, 5.41) is 6.64. The zero-order valence-electron chi connectivity index (χ0n) is 14.6. The maximum atomic E-state index is 12.1. The van der Waals surface area contributed by atoms with Gasteiger partial charge in [0.05, 0.1) is 12.3 Å². The van der Waals surface area contributed by atoms with E-state index in [-0.39, 0.29) is 12.5 Å². The SMILES string of the molecule is CCOc1ccccc1NC(=O)COc1ccc(-c2noc(C)n2)cc1. The minimum absolute atomic E-state index is 0.110. The predicted octanol–water partition coefficient (Wildman–Crippen LogP) is 3.46. The molecule has 0 bridgehead atoms. The van der Waals surface area contributed by atoms with Crippen LogP contribution in [0.5, 0.6) is 11.5 Å². The Bertz CT molecular complexity index is 875. The van der Waals surface area contributed by atoms with Crippen LogP contribution >= 0.6 is 0 Å². The molecule has 3 aromatic rings. The van der Waals surface area contributed by atoms with Crippen LogP contribution in [-0.4, -0.2) is 29.3 Å². The number of rotatable bonds is 7. The van der Waals surface area contributed by atoms with E-state index in [2.05, 4.69) is 15.5 Å². The second-order valence-corrected chi connectivity index (χ2v) is 5.43. The van der Waals surface area contributed by atoms with Gasteiger partial charge in [0.1, 0.15) is 11.5 Å². The molecule has 0 spiro atoms. The highest BCUT2D eigenvalue weighted by Crippen LogP contribution is 2.24. The van der Waals surface area contributed by atoms with E-state index < -0.39 is 0 Å². The highest BCUT2D eigenvalue weighted by Gasteiger charge is 2.09. The minimum Gasteiger partial charge on any atom is -0.492 e. The number of ether oxygens (including phenoxy) is 2. The molecule has 2 aromatic carbocycles. The van der Waals surface area contributed by atoms with E-state index in [1.54, 1.807) is 31.2 Å². The van der Waals surface area contributed by atoms with Crippen LogP contribution in [0.2, 0.25) is 0 Å². The summed E-state index contributed by atoms with van der Waals surface area (Å²) in [7, 11) is 0. The molecule has 0 saturated heterocycles. The Balaban J connectivity index is 1.56. The third-order valence-electron chi connectivity index (χ3n) is 3.47. The van der Waals surface area contributed by atoms with Gasteiger partial charge < -0.3 is 19.3 Å². The fourth-order valence-corrected chi connectivity index (χ4v) is 2.30. The van der Waals surface area contributed by atoms with Gasteiger partial charge in [0.2, 0.25) is 11.7 Å². The molecule has 0 fully saturated rings. The Morgan fingerprint density at radius 3 is 2.58 bits per heavy atom. The molecule has 1 amide bonds. The van der Waals surface area contributed by atoms with Crippen molar-refractivity contribution in [2.45, 2.75) is 13.8 Å². The fourth-order valence-electron chi connectivity index (χ4n) is 2.30. The van der Waals surface area contributed by atoms with Crippen LogP contribution in [-0.2, 0) is 4.79 Å². The number of carbonyl (C=O) groups is 1. The molecule has 1 heterocycles. The van der Waals surface area contributed by atoms with Gasteiger partial charge >= 0.3 is 0 Å². The number of amides is 1. The number of aromatic nitrogens is 2. The van der Waals surface area contributed by atoms with Gasteiger partial charge in [-0.1, -0.05) is 17.3 Å². The van der Waals surface area contributed by atoms with Gasteiger partial charge in [-0.3, -0.25) is 4.79 Å². The van der Waals surface area contributed by atoms with E-state index in [0.29, 0.717) is 35.5 Å². The fraction of sp³-hybridized carbons (Fsp3) is 0.211. The molecule has 0 atom stereocenters. The van der Waals surface area contributed by atoms with Crippen molar-refractivity contribution in [3.63, 3.8) is 0 Å². The third-order valence-corrected chi connectivity index (χ3v) is 3.47. The summed E-state index contributed by atoms with van der Waals surface area (Å²) >= 11 is 0. The maximum Gasteiger partial charge on any atom is 0.262 e. The highest BCUT2D eigenvalue weighted by atomic mass is 16.5. The van der Waals surface area contributed by atoms with Crippen molar-refractivity contribution in [3.8, 4) is 22.9 Å². The first-order valence-electron chi connectivity index (χ1n) is 8.21. The summed E-state index contributed by atoms with van der Waals surface area (Å²) in [5.41, 5.74) is 1.43. The van der Waals surface area contributed by atoms with Crippen LogP contribution in [0.1, 0.15) is 12.8 Å². The molecule has 0 unspecified atom stereocenters. The molecule has 0 aliphatic rings. The predicted molar refractivity (Wildman–Crippen MR) is 96.2 cm³/mol. The molecule has 3 rings (SSSR count). The number of aryl methyl sites for hydroxylation is 1. The van der Waals surface area contributed by atoms with E-state index in [1.807, 2.05) is 31.2 Å². The third kappa shape index (κ3) is 4.38. The minimum atomic E-state index is -0.268. The van der Waals surface area contributed by atoms with Gasteiger partial charge in [0, 0.05) is 12.5 Å². The number of nitrogens with one attached hydrogen (secondary N) is 1. The van der Waals surface area contributed by atoms with Crippen molar-refractivity contribution in [2.24, 2.45) is 0 Å². The lowest BCUT2D eigenvalue weighted by Crippen LogP contribution is -2.20. The van der Waals surface area contributed by atoms with Crippen molar-refractivity contribution < 1.29 is 18.8 Å². The molecular formula is C19H19N3O4. The van der Waals surface area contributed by atoms with Crippen LogP contribution in [0.15, 0.2) is 53.1 Å². The van der Waals surface area contributed by atoms with Crippen LogP contribution in [0, 0.1) is 6.92 Å². The first kappa shape index (κ1) is 17.5. The Hall–Kier alpha value is -3.35. The summed E-state index contributed by atoms with van der Waals surface area (Å²) in [4.78, 5) is 16.3. The lowest BCUT2D eigenvalue weighted by Gasteiger charge is -2.11. The number of anilines is 1. The quantitative estimate of drug-likeness (QED) is 0.700. The number of nitrogens with zero attached hydrogens (tertiary/aromatic N) is 2. The standard InChI is InChI=1S/C19H19N3O4/c1-3-24-17-7-5-4-6-16(17)21-18(23)12-25-15-10-8-14(9-11-15)19-20-13(2)26-22-19/h4-11H,3,12H2,1-2H3,(H,21,23). The molecule has 7 heteroatoms. The average molecular weight is 353 g/mol. The van der Waals surface area contributed by atoms with Crippen molar-refractivity contribution >= 4 is 11.6 Å².